The number of hydrogen-bond acceptors (Lipinski definition) is 2. The zero-order chi connectivity index (χ0) is 14.7. The van der Waals surface area contributed by atoms with Crippen LogP contribution in [0, 0.1) is 24.1 Å². The topological polar surface area (TPSA) is 40.9 Å². The molecule has 0 bridgehead atoms. The summed E-state index contributed by atoms with van der Waals surface area (Å²) in [5, 5.41) is 9.25. The van der Waals surface area contributed by atoms with Gasteiger partial charge in [0.15, 0.2) is 5.78 Å². The first kappa shape index (κ1) is 14.4. The molecule has 2 rings (SSSR count). The number of rotatable bonds is 3. The monoisotopic (exact) mass is 331 g/mol. The van der Waals surface area contributed by atoms with Crippen LogP contribution >= 0.6 is 15.9 Å². The highest BCUT2D eigenvalue weighted by Gasteiger charge is 2.24. The summed E-state index contributed by atoms with van der Waals surface area (Å²) in [4.78, 5) is 12.4. The summed E-state index contributed by atoms with van der Waals surface area (Å²) in [5.74, 6) is -2.13. The molecule has 4 heteroatoms. The normalized spacial score (nSPS) is 11.7. The summed E-state index contributed by atoms with van der Waals surface area (Å²) in [6.07, 6.45) is 0. The van der Waals surface area contributed by atoms with E-state index in [1.807, 2.05) is 6.07 Å². The number of ketones is 1. The molecule has 100 valence electrons. The second kappa shape index (κ2) is 5.98. The predicted octanol–water partition coefficient (Wildman–Crippen LogP) is 4.39. The molecule has 0 fully saturated rings. The molecule has 2 nitrogen and oxygen atoms in total. The maximum Gasteiger partial charge on any atom is 0.187 e. The van der Waals surface area contributed by atoms with Gasteiger partial charge in [0, 0.05) is 4.47 Å². The second-order valence-electron chi connectivity index (χ2n) is 4.46. The molecule has 2 aromatic carbocycles. The lowest BCUT2D eigenvalue weighted by molar-refractivity contribution is 0.0975. The van der Waals surface area contributed by atoms with Crippen molar-refractivity contribution in [3.8, 4) is 6.07 Å². The van der Waals surface area contributed by atoms with Crippen LogP contribution in [0.1, 0.15) is 27.4 Å². The number of aryl methyl sites for hydroxylation is 1. The molecule has 2 aromatic rings. The fourth-order valence-corrected chi connectivity index (χ4v) is 2.37. The Kier molecular flexibility index (Phi) is 4.31. The molecule has 0 aliphatic heterocycles. The molecule has 0 saturated heterocycles. The highest BCUT2D eigenvalue weighted by atomic mass is 79.9. The predicted molar refractivity (Wildman–Crippen MR) is 78.0 cm³/mol. The summed E-state index contributed by atoms with van der Waals surface area (Å²) in [5.41, 5.74) is 1.28. The van der Waals surface area contributed by atoms with Crippen molar-refractivity contribution in [3.05, 3.63) is 69.4 Å². The smallest absolute Gasteiger partial charge is 0.187 e. The van der Waals surface area contributed by atoms with E-state index in [1.54, 1.807) is 37.3 Å². The number of carbonyl (C=O) groups is 1. The van der Waals surface area contributed by atoms with Crippen LogP contribution in [0.2, 0.25) is 0 Å². The van der Waals surface area contributed by atoms with E-state index in [2.05, 4.69) is 15.9 Å². The van der Waals surface area contributed by atoms with Gasteiger partial charge >= 0.3 is 0 Å². The quantitative estimate of drug-likeness (QED) is 0.783. The summed E-state index contributed by atoms with van der Waals surface area (Å²) >= 11 is 3.30. The molecule has 0 saturated carbocycles. The van der Waals surface area contributed by atoms with E-state index in [-0.39, 0.29) is 5.56 Å². The standard InChI is InChI=1S/C16H11BrFNO/c1-10-5-6-15(18)13(7-10)16(20)14(9-19)11-3-2-4-12(17)8-11/h2-8,14H,1H3. The Morgan fingerprint density at radius 2 is 2.05 bits per heavy atom. The zero-order valence-electron chi connectivity index (χ0n) is 10.7. The molecule has 0 aliphatic rings. The molecular formula is C16H11BrFNO. The number of hydrogen-bond donors (Lipinski definition) is 0. The lowest BCUT2D eigenvalue weighted by Gasteiger charge is -2.10. The van der Waals surface area contributed by atoms with E-state index in [9.17, 15) is 14.4 Å². The minimum absolute atomic E-state index is 0.0449. The minimum Gasteiger partial charge on any atom is -0.292 e. The third kappa shape index (κ3) is 2.94. The Balaban J connectivity index is 2.45. The van der Waals surface area contributed by atoms with Gasteiger partial charge in [-0.2, -0.15) is 5.26 Å². The molecule has 0 amide bonds. The van der Waals surface area contributed by atoms with Crippen molar-refractivity contribution >= 4 is 21.7 Å². The van der Waals surface area contributed by atoms with Gasteiger partial charge in [-0.1, -0.05) is 39.7 Å². The van der Waals surface area contributed by atoms with E-state index < -0.39 is 17.5 Å². The SMILES string of the molecule is Cc1ccc(F)c(C(=O)C(C#N)c2cccc(Br)c2)c1. The first-order chi connectivity index (χ1) is 9.52. The van der Waals surface area contributed by atoms with Crippen LogP contribution in [0.4, 0.5) is 4.39 Å². The molecule has 0 aromatic heterocycles. The van der Waals surface area contributed by atoms with Gasteiger partial charge in [-0.3, -0.25) is 4.79 Å². The van der Waals surface area contributed by atoms with Crippen molar-refractivity contribution in [2.45, 2.75) is 12.8 Å². The van der Waals surface area contributed by atoms with Crippen LogP contribution in [0.25, 0.3) is 0 Å². The van der Waals surface area contributed by atoms with Crippen LogP contribution < -0.4 is 0 Å². The van der Waals surface area contributed by atoms with Gasteiger partial charge in [-0.05, 0) is 36.8 Å². The number of carbonyl (C=O) groups excluding carboxylic acids is 1. The average molecular weight is 332 g/mol. The fraction of sp³-hybridized carbons (Fsp3) is 0.125. The Hall–Kier alpha value is -1.99. The Bertz CT molecular complexity index is 706. The molecule has 1 atom stereocenters. The molecule has 0 aliphatic carbocycles. The fourth-order valence-electron chi connectivity index (χ4n) is 1.95. The van der Waals surface area contributed by atoms with Gasteiger partial charge < -0.3 is 0 Å². The molecule has 20 heavy (non-hydrogen) atoms. The number of benzene rings is 2. The third-order valence-corrected chi connectivity index (χ3v) is 3.45. The lowest BCUT2D eigenvalue weighted by Crippen LogP contribution is -2.13. The molecule has 0 radical (unpaired) electrons. The van der Waals surface area contributed by atoms with Crippen LogP contribution in [-0.2, 0) is 0 Å². The summed E-state index contributed by atoms with van der Waals surface area (Å²) in [6, 6.07) is 13.2. The van der Waals surface area contributed by atoms with Gasteiger partial charge in [-0.15, -0.1) is 0 Å². The molecule has 1 unspecified atom stereocenters. The van der Waals surface area contributed by atoms with E-state index in [4.69, 9.17) is 0 Å². The Morgan fingerprint density at radius 1 is 1.30 bits per heavy atom. The molecule has 0 N–H and O–H groups in total. The number of nitriles is 1. The Labute approximate surface area is 125 Å². The Morgan fingerprint density at radius 3 is 2.70 bits per heavy atom. The van der Waals surface area contributed by atoms with Gasteiger partial charge in [0.1, 0.15) is 11.7 Å². The highest BCUT2D eigenvalue weighted by molar-refractivity contribution is 9.10. The highest BCUT2D eigenvalue weighted by Crippen LogP contribution is 2.25. The maximum absolute atomic E-state index is 13.8. The van der Waals surface area contributed by atoms with Crippen LogP contribution in [0.3, 0.4) is 0 Å². The minimum atomic E-state index is -1.01. The van der Waals surface area contributed by atoms with Gasteiger partial charge in [-0.25, -0.2) is 4.39 Å². The van der Waals surface area contributed by atoms with Crippen molar-refractivity contribution in [1.82, 2.24) is 0 Å². The summed E-state index contributed by atoms with van der Waals surface area (Å²) in [6.45, 7) is 1.77. The van der Waals surface area contributed by atoms with Gasteiger partial charge in [0.2, 0.25) is 0 Å². The largest absolute Gasteiger partial charge is 0.292 e. The zero-order valence-corrected chi connectivity index (χ0v) is 12.3. The van der Waals surface area contributed by atoms with Crippen molar-refractivity contribution in [2.75, 3.05) is 0 Å². The van der Waals surface area contributed by atoms with Gasteiger partial charge in [0.25, 0.3) is 0 Å². The average Bonchev–Trinajstić information content (AvgIpc) is 2.42. The summed E-state index contributed by atoms with van der Waals surface area (Å²) < 4.78 is 14.5. The first-order valence-electron chi connectivity index (χ1n) is 5.98. The van der Waals surface area contributed by atoms with Gasteiger partial charge in [0.05, 0.1) is 11.6 Å². The van der Waals surface area contributed by atoms with Crippen molar-refractivity contribution in [2.24, 2.45) is 0 Å². The van der Waals surface area contributed by atoms with E-state index in [0.717, 1.165) is 10.0 Å². The van der Waals surface area contributed by atoms with E-state index in [1.165, 1.54) is 12.1 Å². The first-order valence-corrected chi connectivity index (χ1v) is 6.77. The maximum atomic E-state index is 13.8. The lowest BCUT2D eigenvalue weighted by atomic mass is 9.91. The van der Waals surface area contributed by atoms with Crippen molar-refractivity contribution < 1.29 is 9.18 Å². The molecule has 0 heterocycles. The van der Waals surface area contributed by atoms with Crippen LogP contribution in [0.15, 0.2) is 46.9 Å². The summed E-state index contributed by atoms with van der Waals surface area (Å²) in [7, 11) is 0. The number of halogens is 2. The number of Topliss-reactive ketones (excluding diaryl/α,β-unsaturated/α-hetero) is 1. The van der Waals surface area contributed by atoms with Crippen molar-refractivity contribution in [1.29, 1.82) is 5.26 Å². The third-order valence-electron chi connectivity index (χ3n) is 2.96. The second-order valence-corrected chi connectivity index (χ2v) is 5.38. The van der Waals surface area contributed by atoms with Crippen LogP contribution in [0.5, 0.6) is 0 Å². The van der Waals surface area contributed by atoms with Crippen molar-refractivity contribution in [3.63, 3.8) is 0 Å². The number of nitrogens with zero attached hydrogens (tertiary/aromatic N) is 1. The van der Waals surface area contributed by atoms with Crippen LogP contribution in [-0.4, -0.2) is 5.78 Å². The van der Waals surface area contributed by atoms with E-state index >= 15 is 0 Å². The molecule has 0 spiro atoms. The molecular weight excluding hydrogens is 321 g/mol. The van der Waals surface area contributed by atoms with E-state index in [0.29, 0.717) is 5.56 Å².